The second-order valence-corrected chi connectivity index (χ2v) is 7.25. The molecule has 0 aliphatic heterocycles. The Labute approximate surface area is 123 Å². The number of nitrogens with two attached hydrogens (primary N) is 1. The smallest absolute Gasteiger partial charge is 0.241 e. The molecule has 1 aromatic heterocycles. The number of hydrogen-bond donors (Lipinski definition) is 2. The lowest BCUT2D eigenvalue weighted by molar-refractivity contribution is 0.567. The van der Waals surface area contributed by atoms with Crippen molar-refractivity contribution in [1.29, 1.82) is 0 Å². The van der Waals surface area contributed by atoms with Crippen LogP contribution >= 0.6 is 11.3 Å². The molecule has 0 aliphatic rings. The van der Waals surface area contributed by atoms with E-state index in [0.717, 1.165) is 11.1 Å². The highest BCUT2D eigenvalue weighted by Gasteiger charge is 2.18. The van der Waals surface area contributed by atoms with Crippen LogP contribution in [-0.2, 0) is 10.0 Å². The summed E-state index contributed by atoms with van der Waals surface area (Å²) in [5, 5.41) is 3.87. The van der Waals surface area contributed by atoms with E-state index in [1.165, 1.54) is 0 Å². The Morgan fingerprint density at radius 2 is 1.75 bits per heavy atom. The number of rotatable bonds is 5. The lowest BCUT2D eigenvalue weighted by Crippen LogP contribution is -2.26. The van der Waals surface area contributed by atoms with Gasteiger partial charge in [-0.05, 0) is 53.9 Å². The molecule has 0 aliphatic carbocycles. The van der Waals surface area contributed by atoms with E-state index in [9.17, 15) is 8.42 Å². The largest absolute Gasteiger partial charge is 0.324 e. The Hall–Kier alpha value is -1.21. The maximum atomic E-state index is 12.3. The molecule has 2 unspecified atom stereocenters. The third-order valence-electron chi connectivity index (χ3n) is 3.09. The summed E-state index contributed by atoms with van der Waals surface area (Å²) in [6.07, 6.45) is 0. The van der Waals surface area contributed by atoms with Crippen molar-refractivity contribution in [2.75, 3.05) is 0 Å². The van der Waals surface area contributed by atoms with Gasteiger partial charge in [0.05, 0.1) is 4.90 Å². The second kappa shape index (κ2) is 6.05. The van der Waals surface area contributed by atoms with Crippen LogP contribution in [-0.4, -0.2) is 8.42 Å². The molecule has 20 heavy (non-hydrogen) atoms. The van der Waals surface area contributed by atoms with E-state index in [0.29, 0.717) is 0 Å². The zero-order valence-electron chi connectivity index (χ0n) is 11.4. The maximum Gasteiger partial charge on any atom is 0.241 e. The molecule has 0 spiro atoms. The summed E-state index contributed by atoms with van der Waals surface area (Å²) < 4.78 is 27.2. The number of hydrogen-bond acceptors (Lipinski definition) is 4. The van der Waals surface area contributed by atoms with Crippen LogP contribution in [0.25, 0.3) is 0 Å². The molecule has 2 aromatic rings. The molecule has 2 rings (SSSR count). The summed E-state index contributed by atoms with van der Waals surface area (Å²) in [4.78, 5) is 0.254. The van der Waals surface area contributed by atoms with Gasteiger partial charge in [-0.15, -0.1) is 0 Å². The van der Waals surface area contributed by atoms with E-state index in [-0.39, 0.29) is 17.0 Å². The Kier molecular flexibility index (Phi) is 4.59. The molecule has 0 fully saturated rings. The van der Waals surface area contributed by atoms with Crippen molar-refractivity contribution in [1.82, 2.24) is 4.72 Å². The quantitative estimate of drug-likeness (QED) is 0.892. The van der Waals surface area contributed by atoms with Crippen molar-refractivity contribution in [3.63, 3.8) is 0 Å². The summed E-state index contributed by atoms with van der Waals surface area (Å²) in [5.74, 6) is 0. The van der Waals surface area contributed by atoms with Crippen LogP contribution in [0.15, 0.2) is 46.0 Å². The molecule has 0 radical (unpaired) electrons. The molecule has 2 atom stereocenters. The normalized spacial score (nSPS) is 14.9. The Morgan fingerprint density at radius 3 is 2.25 bits per heavy atom. The molecule has 0 bridgehead atoms. The SMILES string of the molecule is CC(N)c1ccc(S(=O)(=O)NC(C)c2ccsc2)cc1. The Balaban J connectivity index is 2.18. The van der Waals surface area contributed by atoms with Gasteiger partial charge in [0.2, 0.25) is 10.0 Å². The third-order valence-corrected chi connectivity index (χ3v) is 5.35. The van der Waals surface area contributed by atoms with Crippen LogP contribution in [0.5, 0.6) is 0 Å². The van der Waals surface area contributed by atoms with Gasteiger partial charge >= 0.3 is 0 Å². The molecule has 1 aromatic carbocycles. The van der Waals surface area contributed by atoms with E-state index < -0.39 is 10.0 Å². The molecule has 1 heterocycles. The van der Waals surface area contributed by atoms with Gasteiger partial charge in [0.1, 0.15) is 0 Å². The van der Waals surface area contributed by atoms with Gasteiger partial charge in [0.25, 0.3) is 0 Å². The standard InChI is InChI=1S/C14H18N2O2S2/c1-10(15)12-3-5-14(6-4-12)20(17,18)16-11(2)13-7-8-19-9-13/h3-11,16H,15H2,1-2H3. The lowest BCUT2D eigenvalue weighted by Gasteiger charge is -2.14. The van der Waals surface area contributed by atoms with Gasteiger partial charge in [-0.25, -0.2) is 13.1 Å². The first kappa shape index (κ1) is 15.2. The van der Waals surface area contributed by atoms with Gasteiger partial charge < -0.3 is 5.73 Å². The van der Waals surface area contributed by atoms with E-state index in [1.54, 1.807) is 35.6 Å². The Morgan fingerprint density at radius 1 is 1.10 bits per heavy atom. The zero-order valence-corrected chi connectivity index (χ0v) is 13.0. The minimum absolute atomic E-state index is 0.107. The zero-order chi connectivity index (χ0) is 14.8. The average Bonchev–Trinajstić information content (AvgIpc) is 2.92. The first-order valence-electron chi connectivity index (χ1n) is 6.30. The molecule has 0 saturated heterocycles. The van der Waals surface area contributed by atoms with E-state index >= 15 is 0 Å². The summed E-state index contributed by atoms with van der Waals surface area (Å²) in [7, 11) is -3.51. The van der Waals surface area contributed by atoms with Gasteiger partial charge in [-0.1, -0.05) is 12.1 Å². The lowest BCUT2D eigenvalue weighted by atomic mass is 10.1. The van der Waals surface area contributed by atoms with Crippen LogP contribution in [0.3, 0.4) is 0 Å². The van der Waals surface area contributed by atoms with Crippen molar-refractivity contribution >= 4 is 21.4 Å². The van der Waals surface area contributed by atoms with Crippen LogP contribution < -0.4 is 10.5 Å². The number of sulfonamides is 1. The van der Waals surface area contributed by atoms with Gasteiger partial charge in [0.15, 0.2) is 0 Å². The average molecular weight is 310 g/mol. The summed E-state index contributed by atoms with van der Waals surface area (Å²) in [6.45, 7) is 3.69. The van der Waals surface area contributed by atoms with Crippen molar-refractivity contribution < 1.29 is 8.42 Å². The van der Waals surface area contributed by atoms with Crippen molar-refractivity contribution in [2.45, 2.75) is 30.8 Å². The fourth-order valence-electron chi connectivity index (χ4n) is 1.84. The monoisotopic (exact) mass is 310 g/mol. The van der Waals surface area contributed by atoms with Gasteiger partial charge in [-0.3, -0.25) is 0 Å². The predicted octanol–water partition coefficient (Wildman–Crippen LogP) is 2.81. The van der Waals surface area contributed by atoms with Gasteiger partial charge in [0, 0.05) is 12.1 Å². The van der Waals surface area contributed by atoms with Crippen LogP contribution in [0.2, 0.25) is 0 Å². The molecule has 4 nitrogen and oxygen atoms in total. The molecule has 6 heteroatoms. The number of thiophene rings is 1. The molecular formula is C14H18N2O2S2. The maximum absolute atomic E-state index is 12.3. The summed E-state index contributed by atoms with van der Waals surface area (Å²) >= 11 is 1.55. The Bertz CT molecular complexity index is 647. The minimum atomic E-state index is -3.51. The fraction of sp³-hybridized carbons (Fsp3) is 0.286. The van der Waals surface area contributed by atoms with Crippen LogP contribution in [0.1, 0.15) is 37.1 Å². The number of nitrogens with one attached hydrogen (secondary N) is 1. The molecule has 108 valence electrons. The second-order valence-electron chi connectivity index (χ2n) is 4.76. The summed E-state index contributed by atoms with van der Waals surface area (Å²) in [5.41, 5.74) is 7.63. The summed E-state index contributed by atoms with van der Waals surface area (Å²) in [6, 6.07) is 8.21. The van der Waals surface area contributed by atoms with Crippen molar-refractivity contribution in [3.05, 3.63) is 52.2 Å². The van der Waals surface area contributed by atoms with E-state index in [2.05, 4.69) is 4.72 Å². The highest BCUT2D eigenvalue weighted by Crippen LogP contribution is 2.20. The predicted molar refractivity (Wildman–Crippen MR) is 82.1 cm³/mol. The molecule has 0 amide bonds. The third kappa shape index (κ3) is 3.46. The molecular weight excluding hydrogens is 292 g/mol. The molecule has 0 saturated carbocycles. The van der Waals surface area contributed by atoms with Crippen molar-refractivity contribution in [3.8, 4) is 0 Å². The van der Waals surface area contributed by atoms with Gasteiger partial charge in [-0.2, -0.15) is 11.3 Å². The molecule has 3 N–H and O–H groups in total. The highest BCUT2D eigenvalue weighted by molar-refractivity contribution is 7.89. The van der Waals surface area contributed by atoms with Crippen LogP contribution in [0.4, 0.5) is 0 Å². The highest BCUT2D eigenvalue weighted by atomic mass is 32.2. The topological polar surface area (TPSA) is 72.2 Å². The van der Waals surface area contributed by atoms with Crippen LogP contribution in [0, 0.1) is 0 Å². The number of benzene rings is 1. The fourth-order valence-corrected chi connectivity index (χ4v) is 3.83. The first-order chi connectivity index (χ1) is 9.40. The van der Waals surface area contributed by atoms with Crippen molar-refractivity contribution in [2.24, 2.45) is 5.73 Å². The van der Waals surface area contributed by atoms with E-state index in [1.807, 2.05) is 30.7 Å². The minimum Gasteiger partial charge on any atom is -0.324 e. The first-order valence-corrected chi connectivity index (χ1v) is 8.73. The van der Waals surface area contributed by atoms with E-state index in [4.69, 9.17) is 5.73 Å².